The molecule has 0 aliphatic heterocycles. The number of carbonyl (C=O) groups excluding carboxylic acids is 2. The average Bonchev–Trinajstić information content (AvgIpc) is 3.18. The Morgan fingerprint density at radius 1 is 1.21 bits per heavy atom. The van der Waals surface area contributed by atoms with Gasteiger partial charge in [-0.25, -0.2) is 4.39 Å². The fourth-order valence-corrected chi connectivity index (χ4v) is 4.03. The molecule has 0 aliphatic rings. The second-order valence-corrected chi connectivity index (χ2v) is 8.58. The van der Waals surface area contributed by atoms with Crippen molar-refractivity contribution >= 4 is 52.5 Å². The first kappa shape index (κ1) is 24.8. The maximum absolute atomic E-state index is 13.9. The molecule has 0 aliphatic carbocycles. The van der Waals surface area contributed by atoms with Crippen LogP contribution in [0, 0.1) is 5.82 Å². The van der Waals surface area contributed by atoms with Gasteiger partial charge in [0.25, 0.3) is 5.91 Å². The standard InChI is InChI=1S/C22H20Cl2FN5O2S/c1-3-11-30-20(13(2)26-21(32)14-7-4-5-9-16(14)25)28-29-22(30)33-12-18(31)27-17-10-6-8-15(23)19(17)24/h3-10,13H,1,11-12H2,2H3,(H,26,32)(H,27,31)/t13-/m0/s1. The van der Waals surface area contributed by atoms with Crippen LogP contribution in [0.4, 0.5) is 10.1 Å². The molecule has 1 aromatic heterocycles. The van der Waals surface area contributed by atoms with Crippen LogP contribution in [0.2, 0.25) is 10.0 Å². The molecule has 0 saturated carbocycles. The van der Waals surface area contributed by atoms with Gasteiger partial charge in [0.15, 0.2) is 11.0 Å². The largest absolute Gasteiger partial charge is 0.342 e. The summed E-state index contributed by atoms with van der Waals surface area (Å²) in [5.74, 6) is -1.01. The van der Waals surface area contributed by atoms with Crippen molar-refractivity contribution in [2.45, 2.75) is 24.7 Å². The Labute approximate surface area is 204 Å². The van der Waals surface area contributed by atoms with E-state index in [2.05, 4.69) is 27.4 Å². The van der Waals surface area contributed by atoms with Crippen molar-refractivity contribution in [1.29, 1.82) is 0 Å². The molecule has 0 bridgehead atoms. The minimum atomic E-state index is -0.614. The van der Waals surface area contributed by atoms with Gasteiger partial charge >= 0.3 is 0 Å². The van der Waals surface area contributed by atoms with Crippen LogP contribution in [0.3, 0.4) is 0 Å². The van der Waals surface area contributed by atoms with Gasteiger partial charge in [0.05, 0.1) is 33.1 Å². The second-order valence-electron chi connectivity index (χ2n) is 6.85. The van der Waals surface area contributed by atoms with E-state index in [1.165, 1.54) is 18.2 Å². The van der Waals surface area contributed by atoms with E-state index in [1.807, 2.05) is 0 Å². The fraction of sp³-hybridized carbons (Fsp3) is 0.182. The van der Waals surface area contributed by atoms with Crippen molar-refractivity contribution in [3.8, 4) is 0 Å². The van der Waals surface area contributed by atoms with Gasteiger partial charge in [0.1, 0.15) is 5.82 Å². The maximum Gasteiger partial charge on any atom is 0.254 e. The number of rotatable bonds is 9. The fourth-order valence-electron chi connectivity index (χ4n) is 2.93. The molecule has 11 heteroatoms. The van der Waals surface area contributed by atoms with Crippen molar-refractivity contribution in [2.24, 2.45) is 0 Å². The Hall–Kier alpha value is -2.88. The Kier molecular flexibility index (Phi) is 8.49. The monoisotopic (exact) mass is 507 g/mol. The number of anilines is 1. The van der Waals surface area contributed by atoms with Crippen molar-refractivity contribution < 1.29 is 14.0 Å². The van der Waals surface area contributed by atoms with Gasteiger partial charge in [-0.2, -0.15) is 0 Å². The molecule has 2 aromatic carbocycles. The van der Waals surface area contributed by atoms with Crippen LogP contribution in [0.5, 0.6) is 0 Å². The topological polar surface area (TPSA) is 88.9 Å². The van der Waals surface area contributed by atoms with Crippen LogP contribution in [-0.4, -0.2) is 32.3 Å². The van der Waals surface area contributed by atoms with E-state index in [-0.39, 0.29) is 22.2 Å². The molecule has 1 heterocycles. The Morgan fingerprint density at radius 2 is 1.97 bits per heavy atom. The number of amides is 2. The predicted molar refractivity (Wildman–Crippen MR) is 128 cm³/mol. The molecule has 0 saturated heterocycles. The molecular weight excluding hydrogens is 488 g/mol. The highest BCUT2D eigenvalue weighted by atomic mass is 35.5. The first-order valence-corrected chi connectivity index (χ1v) is 11.5. The molecule has 0 unspecified atom stereocenters. The highest BCUT2D eigenvalue weighted by molar-refractivity contribution is 7.99. The van der Waals surface area contributed by atoms with Gasteiger partial charge in [0.2, 0.25) is 5.91 Å². The number of allylic oxidation sites excluding steroid dienone is 1. The first-order chi connectivity index (χ1) is 15.8. The Bertz CT molecular complexity index is 1190. The van der Waals surface area contributed by atoms with Crippen LogP contribution in [0.1, 0.15) is 29.1 Å². The second kappa shape index (κ2) is 11.3. The molecule has 3 aromatic rings. The van der Waals surface area contributed by atoms with Crippen LogP contribution in [-0.2, 0) is 11.3 Å². The number of thioether (sulfide) groups is 1. The first-order valence-electron chi connectivity index (χ1n) is 9.77. The normalized spacial score (nSPS) is 11.6. The lowest BCUT2D eigenvalue weighted by Gasteiger charge is -2.15. The summed E-state index contributed by atoms with van der Waals surface area (Å²) in [6, 6.07) is 10.1. The van der Waals surface area contributed by atoms with Gasteiger partial charge < -0.3 is 15.2 Å². The highest BCUT2D eigenvalue weighted by Gasteiger charge is 2.21. The number of aromatic nitrogens is 3. The average molecular weight is 508 g/mol. The minimum Gasteiger partial charge on any atom is -0.342 e. The van der Waals surface area contributed by atoms with Crippen molar-refractivity contribution in [1.82, 2.24) is 20.1 Å². The van der Waals surface area contributed by atoms with E-state index < -0.39 is 17.8 Å². The van der Waals surface area contributed by atoms with E-state index in [0.717, 1.165) is 11.8 Å². The molecule has 0 radical (unpaired) electrons. The summed E-state index contributed by atoms with van der Waals surface area (Å²) in [4.78, 5) is 24.8. The summed E-state index contributed by atoms with van der Waals surface area (Å²) in [7, 11) is 0. The number of hydrogen-bond acceptors (Lipinski definition) is 5. The number of hydrogen-bond donors (Lipinski definition) is 2. The van der Waals surface area contributed by atoms with Gasteiger partial charge in [-0.1, -0.05) is 59.2 Å². The van der Waals surface area contributed by atoms with E-state index >= 15 is 0 Å². The van der Waals surface area contributed by atoms with E-state index in [9.17, 15) is 14.0 Å². The van der Waals surface area contributed by atoms with E-state index in [4.69, 9.17) is 23.2 Å². The molecule has 1 atom stereocenters. The smallest absolute Gasteiger partial charge is 0.254 e. The molecule has 7 nitrogen and oxygen atoms in total. The quantitative estimate of drug-likeness (QED) is 0.309. The van der Waals surface area contributed by atoms with Crippen LogP contribution >= 0.6 is 35.0 Å². The van der Waals surface area contributed by atoms with Crippen molar-refractivity contribution in [3.05, 3.63) is 82.4 Å². The zero-order valence-corrected chi connectivity index (χ0v) is 19.8. The Balaban J connectivity index is 1.69. The van der Waals surface area contributed by atoms with E-state index in [0.29, 0.717) is 28.2 Å². The minimum absolute atomic E-state index is 0.0358. The van der Waals surface area contributed by atoms with E-state index in [1.54, 1.807) is 41.8 Å². The van der Waals surface area contributed by atoms with Crippen LogP contribution < -0.4 is 10.6 Å². The zero-order chi connectivity index (χ0) is 24.0. The molecule has 0 fully saturated rings. The summed E-state index contributed by atoms with van der Waals surface area (Å²) in [6.07, 6.45) is 1.65. The summed E-state index contributed by atoms with van der Waals surface area (Å²) < 4.78 is 15.6. The number of nitrogens with zero attached hydrogens (tertiary/aromatic N) is 3. The summed E-state index contributed by atoms with van der Waals surface area (Å²) in [5, 5.41) is 14.8. The van der Waals surface area contributed by atoms with Crippen molar-refractivity contribution in [2.75, 3.05) is 11.1 Å². The SMILES string of the molecule is C=CCn1c(SCC(=O)Nc2cccc(Cl)c2Cl)nnc1[C@H](C)NC(=O)c1ccccc1F. The van der Waals surface area contributed by atoms with Crippen molar-refractivity contribution in [3.63, 3.8) is 0 Å². The Morgan fingerprint density at radius 3 is 2.70 bits per heavy atom. The lowest BCUT2D eigenvalue weighted by Crippen LogP contribution is -2.29. The third-order valence-electron chi connectivity index (χ3n) is 4.47. The lowest BCUT2D eigenvalue weighted by molar-refractivity contribution is -0.113. The van der Waals surface area contributed by atoms with Crippen LogP contribution in [0.25, 0.3) is 0 Å². The number of nitrogens with one attached hydrogen (secondary N) is 2. The number of halogens is 3. The molecule has 3 rings (SSSR count). The third-order valence-corrected chi connectivity index (χ3v) is 6.25. The summed E-state index contributed by atoms with van der Waals surface area (Å²) >= 11 is 13.2. The summed E-state index contributed by atoms with van der Waals surface area (Å²) in [6.45, 7) is 5.80. The van der Waals surface area contributed by atoms with Gasteiger partial charge in [-0.15, -0.1) is 16.8 Å². The molecule has 2 N–H and O–H groups in total. The predicted octanol–water partition coefficient (Wildman–Crippen LogP) is 5.13. The van der Waals surface area contributed by atoms with Gasteiger partial charge in [0, 0.05) is 6.54 Å². The lowest BCUT2D eigenvalue weighted by atomic mass is 10.2. The van der Waals surface area contributed by atoms with Gasteiger partial charge in [-0.05, 0) is 31.2 Å². The number of benzene rings is 2. The molecular formula is C22H20Cl2FN5O2S. The third kappa shape index (κ3) is 6.13. The maximum atomic E-state index is 13.9. The molecule has 33 heavy (non-hydrogen) atoms. The zero-order valence-electron chi connectivity index (χ0n) is 17.5. The highest BCUT2D eigenvalue weighted by Crippen LogP contribution is 2.30. The molecule has 0 spiro atoms. The summed E-state index contributed by atoms with van der Waals surface area (Å²) in [5.41, 5.74) is 0.345. The van der Waals surface area contributed by atoms with Gasteiger partial charge in [-0.3, -0.25) is 9.59 Å². The number of carbonyl (C=O) groups is 2. The molecule has 2 amide bonds. The van der Waals surface area contributed by atoms with Crippen LogP contribution in [0.15, 0.2) is 60.3 Å². The molecule has 172 valence electrons.